The lowest BCUT2D eigenvalue weighted by Gasteiger charge is -2.49. The number of nitrogens with zero attached hydrogens (tertiary/aromatic N) is 1. The summed E-state index contributed by atoms with van der Waals surface area (Å²) in [5.41, 5.74) is 3.45. The van der Waals surface area contributed by atoms with Crippen LogP contribution in [-0.4, -0.2) is 28.1 Å². The van der Waals surface area contributed by atoms with Gasteiger partial charge in [0, 0.05) is 30.4 Å². The number of benzene rings is 2. The van der Waals surface area contributed by atoms with Gasteiger partial charge in [-0.15, -0.1) is 0 Å². The molecule has 3 nitrogen and oxygen atoms in total. The molecular weight excluding hydrogens is 369 g/mol. The van der Waals surface area contributed by atoms with Crippen molar-refractivity contribution in [2.75, 3.05) is 5.32 Å². The number of aryl methyl sites for hydroxylation is 1. The third-order valence-corrected chi connectivity index (χ3v) is 6.35. The Hall–Kier alpha value is -1.98. The van der Waals surface area contributed by atoms with Crippen LogP contribution in [0.3, 0.4) is 0 Å². The van der Waals surface area contributed by atoms with E-state index in [1.807, 2.05) is 24.3 Å². The van der Waals surface area contributed by atoms with Crippen molar-refractivity contribution in [3.05, 3.63) is 65.5 Å². The molecule has 1 unspecified atom stereocenters. The monoisotopic (exact) mass is 397 g/mol. The van der Waals surface area contributed by atoms with E-state index in [0.717, 1.165) is 25.1 Å². The Labute approximate surface area is 172 Å². The third-order valence-electron chi connectivity index (χ3n) is 6.13. The highest BCUT2D eigenvalue weighted by Crippen LogP contribution is 2.35. The molecule has 2 fully saturated rings. The van der Waals surface area contributed by atoms with Crippen LogP contribution in [0, 0.1) is 12.7 Å². The van der Waals surface area contributed by atoms with Crippen molar-refractivity contribution in [2.24, 2.45) is 0 Å². The van der Waals surface area contributed by atoms with E-state index in [1.54, 1.807) is 12.1 Å². The van der Waals surface area contributed by atoms with Crippen LogP contribution < -0.4 is 10.6 Å². The zero-order chi connectivity index (χ0) is 19.5. The van der Waals surface area contributed by atoms with Gasteiger partial charge in [-0.05, 0) is 74.2 Å². The number of thiocarbonyl (C=S) groups is 1. The van der Waals surface area contributed by atoms with Crippen molar-refractivity contribution in [1.29, 1.82) is 0 Å². The first-order chi connectivity index (χ1) is 13.6. The number of halogens is 1. The minimum atomic E-state index is -0.165. The molecule has 2 saturated heterocycles. The number of hydrogen-bond acceptors (Lipinski definition) is 2. The zero-order valence-electron chi connectivity index (χ0n) is 16.3. The molecule has 5 heteroatoms. The predicted molar refractivity (Wildman–Crippen MR) is 117 cm³/mol. The highest BCUT2D eigenvalue weighted by molar-refractivity contribution is 7.80. The first-order valence-corrected chi connectivity index (χ1v) is 10.6. The van der Waals surface area contributed by atoms with E-state index in [1.165, 1.54) is 30.4 Å². The van der Waals surface area contributed by atoms with Crippen molar-refractivity contribution < 1.29 is 4.39 Å². The minimum absolute atomic E-state index is 0.165. The van der Waals surface area contributed by atoms with Gasteiger partial charge in [-0.25, -0.2) is 4.39 Å². The SMILES string of the molecule is Cc1ccccc1NC(=S)NC1C[C@H]2CCC[C@@H](C1)N2Cc1ccc(F)cc1. The van der Waals surface area contributed by atoms with Crippen LogP contribution in [0.1, 0.15) is 43.2 Å². The van der Waals surface area contributed by atoms with Gasteiger partial charge in [0.15, 0.2) is 5.11 Å². The maximum absolute atomic E-state index is 13.2. The molecule has 2 aromatic rings. The maximum atomic E-state index is 13.2. The number of piperidine rings is 2. The molecule has 2 N–H and O–H groups in total. The third kappa shape index (κ3) is 4.53. The summed E-state index contributed by atoms with van der Waals surface area (Å²) in [6, 6.07) is 16.7. The Morgan fingerprint density at radius 3 is 2.43 bits per heavy atom. The van der Waals surface area contributed by atoms with Crippen LogP contribution in [0.5, 0.6) is 0 Å². The average Bonchev–Trinajstić information content (AvgIpc) is 2.66. The summed E-state index contributed by atoms with van der Waals surface area (Å²) < 4.78 is 13.2. The fraction of sp³-hybridized carbons (Fsp3) is 0.435. The van der Waals surface area contributed by atoms with E-state index in [2.05, 4.69) is 34.6 Å². The van der Waals surface area contributed by atoms with Gasteiger partial charge in [-0.2, -0.15) is 0 Å². The normalized spacial score (nSPS) is 24.6. The molecule has 2 heterocycles. The lowest BCUT2D eigenvalue weighted by Crippen LogP contribution is -2.56. The summed E-state index contributed by atoms with van der Waals surface area (Å²) in [5, 5.41) is 7.62. The first-order valence-electron chi connectivity index (χ1n) is 10.2. The van der Waals surface area contributed by atoms with Crippen molar-refractivity contribution in [2.45, 2.75) is 63.7 Å². The average molecular weight is 398 g/mol. The summed E-state index contributed by atoms with van der Waals surface area (Å²) in [6.07, 6.45) is 5.97. The van der Waals surface area contributed by atoms with Crippen molar-refractivity contribution >= 4 is 23.0 Å². The predicted octanol–water partition coefficient (Wildman–Crippen LogP) is 5.01. The summed E-state index contributed by atoms with van der Waals surface area (Å²) in [7, 11) is 0. The fourth-order valence-corrected chi connectivity index (χ4v) is 4.99. The molecule has 2 aromatic carbocycles. The molecule has 0 aromatic heterocycles. The second kappa shape index (κ2) is 8.58. The van der Waals surface area contributed by atoms with E-state index < -0.39 is 0 Å². The summed E-state index contributed by atoms with van der Waals surface area (Å²) in [5.74, 6) is -0.165. The quantitative estimate of drug-likeness (QED) is 0.710. The lowest BCUT2D eigenvalue weighted by atomic mass is 9.81. The smallest absolute Gasteiger partial charge is 0.171 e. The van der Waals surface area contributed by atoms with Gasteiger partial charge in [0.1, 0.15) is 5.82 Å². The van der Waals surface area contributed by atoms with E-state index in [9.17, 15) is 4.39 Å². The Balaban J connectivity index is 1.37. The van der Waals surface area contributed by atoms with Crippen LogP contribution in [0.2, 0.25) is 0 Å². The summed E-state index contributed by atoms with van der Waals surface area (Å²) in [4.78, 5) is 2.63. The number of rotatable bonds is 4. The Morgan fingerprint density at radius 1 is 1.07 bits per heavy atom. The molecular formula is C23H28FN3S. The van der Waals surface area contributed by atoms with Crippen LogP contribution in [0.15, 0.2) is 48.5 Å². The van der Waals surface area contributed by atoms with Crippen LogP contribution in [-0.2, 0) is 6.54 Å². The first kappa shape index (κ1) is 19.3. The van der Waals surface area contributed by atoms with Crippen LogP contribution >= 0.6 is 12.2 Å². The molecule has 4 rings (SSSR count). The number of hydrogen-bond donors (Lipinski definition) is 2. The van der Waals surface area contributed by atoms with Crippen LogP contribution in [0.25, 0.3) is 0 Å². The topological polar surface area (TPSA) is 27.3 Å². The Morgan fingerprint density at radius 2 is 1.75 bits per heavy atom. The molecule has 0 saturated carbocycles. The van der Waals surface area contributed by atoms with Crippen molar-refractivity contribution in [1.82, 2.24) is 10.2 Å². The second-order valence-corrected chi connectivity index (χ2v) is 8.53. The highest BCUT2D eigenvalue weighted by atomic mass is 32.1. The standard InChI is InChI=1S/C23H28FN3S/c1-16-5-2-3-8-22(16)26-23(28)25-19-13-20-6-4-7-21(14-19)27(20)15-17-9-11-18(24)12-10-17/h2-3,5,8-12,19-21H,4,6-7,13-15H2,1H3,(H2,25,26,28)/t19?,20-,21+. The molecule has 0 radical (unpaired) electrons. The molecule has 0 spiro atoms. The molecule has 2 aliphatic rings. The molecule has 3 atom stereocenters. The van der Waals surface area contributed by atoms with Gasteiger partial charge in [-0.3, -0.25) is 4.90 Å². The van der Waals surface area contributed by atoms with Gasteiger partial charge in [0.2, 0.25) is 0 Å². The van der Waals surface area contributed by atoms with Gasteiger partial charge >= 0.3 is 0 Å². The Bertz CT molecular complexity index is 809. The fourth-order valence-electron chi connectivity index (χ4n) is 4.71. The van der Waals surface area contributed by atoms with Crippen LogP contribution in [0.4, 0.5) is 10.1 Å². The molecule has 28 heavy (non-hydrogen) atoms. The second-order valence-electron chi connectivity index (χ2n) is 8.12. The van der Waals surface area contributed by atoms with Gasteiger partial charge in [0.25, 0.3) is 0 Å². The molecule has 2 aliphatic heterocycles. The summed E-state index contributed by atoms with van der Waals surface area (Å²) >= 11 is 5.58. The number of para-hydroxylation sites is 1. The van der Waals surface area contributed by atoms with E-state index in [-0.39, 0.29) is 5.82 Å². The maximum Gasteiger partial charge on any atom is 0.171 e. The van der Waals surface area contributed by atoms with Gasteiger partial charge in [-0.1, -0.05) is 36.8 Å². The molecule has 2 bridgehead atoms. The molecule has 0 aliphatic carbocycles. The van der Waals surface area contributed by atoms with E-state index in [0.29, 0.717) is 23.2 Å². The van der Waals surface area contributed by atoms with E-state index >= 15 is 0 Å². The minimum Gasteiger partial charge on any atom is -0.360 e. The van der Waals surface area contributed by atoms with Gasteiger partial charge < -0.3 is 10.6 Å². The molecule has 148 valence electrons. The Kier molecular flexibility index (Phi) is 5.93. The number of anilines is 1. The van der Waals surface area contributed by atoms with Crippen molar-refractivity contribution in [3.63, 3.8) is 0 Å². The zero-order valence-corrected chi connectivity index (χ0v) is 17.1. The van der Waals surface area contributed by atoms with Crippen molar-refractivity contribution in [3.8, 4) is 0 Å². The summed E-state index contributed by atoms with van der Waals surface area (Å²) in [6.45, 7) is 3.00. The molecule has 0 amide bonds. The number of nitrogens with one attached hydrogen (secondary N) is 2. The number of fused-ring (bicyclic) bond motifs is 2. The highest BCUT2D eigenvalue weighted by Gasteiger charge is 2.38. The van der Waals surface area contributed by atoms with E-state index in [4.69, 9.17) is 12.2 Å². The van der Waals surface area contributed by atoms with Gasteiger partial charge in [0.05, 0.1) is 0 Å². The lowest BCUT2D eigenvalue weighted by molar-refractivity contribution is 0.0211. The largest absolute Gasteiger partial charge is 0.360 e.